The molecule has 4 nitrogen and oxygen atoms in total. The number of carbonyl (C=O) groups is 1. The van der Waals surface area contributed by atoms with Gasteiger partial charge < -0.3 is 10.2 Å². The van der Waals surface area contributed by atoms with E-state index in [0.29, 0.717) is 17.4 Å². The zero-order valence-electron chi connectivity index (χ0n) is 12.1. The molecule has 0 aliphatic heterocycles. The van der Waals surface area contributed by atoms with Gasteiger partial charge in [-0.05, 0) is 31.8 Å². The van der Waals surface area contributed by atoms with Gasteiger partial charge in [-0.1, -0.05) is 48.0 Å². The van der Waals surface area contributed by atoms with Crippen molar-refractivity contribution in [2.75, 3.05) is 20.6 Å². The van der Waals surface area contributed by atoms with Crippen molar-refractivity contribution in [3.8, 4) is 0 Å². The van der Waals surface area contributed by atoms with E-state index in [-0.39, 0.29) is 11.9 Å². The van der Waals surface area contributed by atoms with Gasteiger partial charge in [0.1, 0.15) is 10.8 Å². The van der Waals surface area contributed by atoms with Crippen LogP contribution in [-0.4, -0.2) is 36.4 Å². The second-order valence-electron chi connectivity index (χ2n) is 4.95. The Morgan fingerprint density at radius 1 is 1.19 bits per heavy atom. The van der Waals surface area contributed by atoms with E-state index in [1.807, 2.05) is 32.3 Å². The topological polar surface area (TPSA) is 45.2 Å². The number of aromatic nitrogens is 1. The van der Waals surface area contributed by atoms with Crippen molar-refractivity contribution >= 4 is 17.5 Å². The molecule has 0 fully saturated rings. The summed E-state index contributed by atoms with van der Waals surface area (Å²) < 4.78 is 0. The molecule has 1 atom stereocenters. The fraction of sp³-hybridized carbons (Fsp3) is 0.250. The minimum absolute atomic E-state index is 0.106. The summed E-state index contributed by atoms with van der Waals surface area (Å²) in [5.74, 6) is -0.222. The summed E-state index contributed by atoms with van der Waals surface area (Å²) in [7, 11) is 3.98. The number of pyridine rings is 1. The molecule has 1 amide bonds. The number of hydrogen-bond donors (Lipinski definition) is 1. The van der Waals surface area contributed by atoms with Crippen LogP contribution in [0.15, 0.2) is 48.5 Å². The van der Waals surface area contributed by atoms with Gasteiger partial charge in [0.15, 0.2) is 0 Å². The Balaban J connectivity index is 2.04. The van der Waals surface area contributed by atoms with E-state index in [9.17, 15) is 4.79 Å². The largest absolute Gasteiger partial charge is 0.349 e. The molecule has 1 heterocycles. The van der Waals surface area contributed by atoms with Crippen molar-refractivity contribution in [3.63, 3.8) is 0 Å². The minimum atomic E-state index is -0.222. The normalized spacial score (nSPS) is 12.2. The molecule has 2 aromatic rings. The molecule has 0 bridgehead atoms. The molecule has 110 valence electrons. The molecule has 0 spiro atoms. The lowest BCUT2D eigenvalue weighted by atomic mass is 10.1. The van der Waals surface area contributed by atoms with Gasteiger partial charge in [0.2, 0.25) is 0 Å². The number of hydrogen-bond acceptors (Lipinski definition) is 3. The van der Waals surface area contributed by atoms with E-state index in [4.69, 9.17) is 11.6 Å². The van der Waals surface area contributed by atoms with Gasteiger partial charge in [-0.3, -0.25) is 4.79 Å². The van der Waals surface area contributed by atoms with Crippen molar-refractivity contribution in [1.29, 1.82) is 0 Å². The molecule has 5 heteroatoms. The van der Waals surface area contributed by atoms with Crippen LogP contribution in [0.1, 0.15) is 22.1 Å². The Labute approximate surface area is 129 Å². The van der Waals surface area contributed by atoms with E-state index >= 15 is 0 Å². The van der Waals surface area contributed by atoms with Crippen LogP contribution in [-0.2, 0) is 0 Å². The Kier molecular flexibility index (Phi) is 5.31. The van der Waals surface area contributed by atoms with Crippen LogP contribution in [0.4, 0.5) is 0 Å². The number of carbonyl (C=O) groups excluding carboxylic acids is 1. The van der Waals surface area contributed by atoms with Crippen molar-refractivity contribution < 1.29 is 4.79 Å². The van der Waals surface area contributed by atoms with Gasteiger partial charge in [-0.25, -0.2) is 4.98 Å². The Hall–Kier alpha value is -1.91. The van der Waals surface area contributed by atoms with E-state index in [1.165, 1.54) is 0 Å². The third kappa shape index (κ3) is 4.28. The Morgan fingerprint density at radius 2 is 1.90 bits per heavy atom. The van der Waals surface area contributed by atoms with E-state index in [0.717, 1.165) is 5.56 Å². The molecule has 21 heavy (non-hydrogen) atoms. The molecule has 1 unspecified atom stereocenters. The average Bonchev–Trinajstić information content (AvgIpc) is 2.48. The van der Waals surface area contributed by atoms with Crippen LogP contribution in [0.3, 0.4) is 0 Å². The summed E-state index contributed by atoms with van der Waals surface area (Å²) >= 11 is 5.80. The summed E-state index contributed by atoms with van der Waals surface area (Å²) in [6, 6.07) is 15.2. The third-order valence-electron chi connectivity index (χ3n) is 3.21. The Morgan fingerprint density at radius 3 is 2.52 bits per heavy atom. The minimum Gasteiger partial charge on any atom is -0.349 e. The van der Waals surface area contributed by atoms with Crippen molar-refractivity contribution in [3.05, 3.63) is 64.9 Å². The van der Waals surface area contributed by atoms with Gasteiger partial charge in [0, 0.05) is 6.54 Å². The second kappa shape index (κ2) is 7.20. The van der Waals surface area contributed by atoms with Gasteiger partial charge >= 0.3 is 0 Å². The smallest absolute Gasteiger partial charge is 0.270 e. The molecule has 0 radical (unpaired) electrons. The fourth-order valence-corrected chi connectivity index (χ4v) is 2.25. The lowest BCUT2D eigenvalue weighted by Crippen LogP contribution is -2.34. The van der Waals surface area contributed by atoms with Crippen LogP contribution in [0.25, 0.3) is 0 Å². The molecule has 1 N–H and O–H groups in total. The lowest BCUT2D eigenvalue weighted by Gasteiger charge is -2.25. The van der Waals surface area contributed by atoms with E-state index in [1.54, 1.807) is 18.2 Å². The first-order chi connectivity index (χ1) is 10.1. The van der Waals surface area contributed by atoms with Crippen LogP contribution in [0.5, 0.6) is 0 Å². The van der Waals surface area contributed by atoms with Crippen LogP contribution >= 0.6 is 11.6 Å². The van der Waals surface area contributed by atoms with Crippen molar-refractivity contribution in [1.82, 2.24) is 15.2 Å². The maximum absolute atomic E-state index is 12.1. The predicted molar refractivity (Wildman–Crippen MR) is 84.5 cm³/mol. The zero-order chi connectivity index (χ0) is 15.2. The number of halogens is 1. The standard InChI is InChI=1S/C16H18ClN3O/c1-20(2)14(12-7-4-3-5-8-12)11-18-16(21)13-9-6-10-15(17)19-13/h3-10,14H,11H2,1-2H3,(H,18,21). The summed E-state index contributed by atoms with van der Waals surface area (Å²) in [4.78, 5) is 18.2. The number of rotatable bonds is 5. The highest BCUT2D eigenvalue weighted by molar-refractivity contribution is 6.29. The predicted octanol–water partition coefficient (Wildman–Crippen LogP) is 2.77. The summed E-state index contributed by atoms with van der Waals surface area (Å²) in [6.07, 6.45) is 0. The number of amides is 1. The van der Waals surface area contributed by atoms with Crippen LogP contribution < -0.4 is 5.32 Å². The van der Waals surface area contributed by atoms with Crippen LogP contribution in [0, 0.1) is 0 Å². The first kappa shape index (κ1) is 15.5. The molecule has 0 aliphatic carbocycles. The van der Waals surface area contributed by atoms with Gasteiger partial charge in [-0.2, -0.15) is 0 Å². The Bertz CT molecular complexity index is 601. The maximum Gasteiger partial charge on any atom is 0.270 e. The van der Waals surface area contributed by atoms with Gasteiger partial charge in [0.05, 0.1) is 6.04 Å². The average molecular weight is 304 g/mol. The maximum atomic E-state index is 12.1. The van der Waals surface area contributed by atoms with Gasteiger partial charge in [-0.15, -0.1) is 0 Å². The molecular formula is C16H18ClN3O. The molecule has 2 rings (SSSR count). The SMILES string of the molecule is CN(C)C(CNC(=O)c1cccc(Cl)n1)c1ccccc1. The van der Waals surface area contributed by atoms with Crippen LogP contribution in [0.2, 0.25) is 5.15 Å². The summed E-state index contributed by atoms with van der Waals surface area (Å²) in [6.45, 7) is 0.504. The lowest BCUT2D eigenvalue weighted by molar-refractivity contribution is 0.0937. The molecule has 0 saturated carbocycles. The first-order valence-electron chi connectivity index (χ1n) is 6.70. The molecule has 1 aromatic carbocycles. The van der Waals surface area contributed by atoms with Gasteiger partial charge in [0.25, 0.3) is 5.91 Å². The molecule has 0 saturated heterocycles. The first-order valence-corrected chi connectivity index (χ1v) is 7.08. The van der Waals surface area contributed by atoms with E-state index in [2.05, 4.69) is 27.3 Å². The summed E-state index contributed by atoms with van der Waals surface area (Å²) in [5.41, 5.74) is 1.48. The summed E-state index contributed by atoms with van der Waals surface area (Å²) in [5, 5.41) is 3.22. The number of likely N-dealkylation sites (N-methyl/N-ethyl adjacent to an activating group) is 1. The molecule has 1 aromatic heterocycles. The number of nitrogens with one attached hydrogen (secondary N) is 1. The number of nitrogens with zero attached hydrogens (tertiary/aromatic N) is 2. The second-order valence-corrected chi connectivity index (χ2v) is 5.33. The van der Waals surface area contributed by atoms with Crippen molar-refractivity contribution in [2.24, 2.45) is 0 Å². The monoisotopic (exact) mass is 303 g/mol. The highest BCUT2D eigenvalue weighted by Crippen LogP contribution is 2.16. The fourth-order valence-electron chi connectivity index (χ4n) is 2.09. The van der Waals surface area contributed by atoms with Crippen molar-refractivity contribution in [2.45, 2.75) is 6.04 Å². The highest BCUT2D eigenvalue weighted by atomic mass is 35.5. The quantitative estimate of drug-likeness (QED) is 0.864. The molecule has 0 aliphatic rings. The molecular weight excluding hydrogens is 286 g/mol. The highest BCUT2D eigenvalue weighted by Gasteiger charge is 2.16. The third-order valence-corrected chi connectivity index (χ3v) is 3.42. The zero-order valence-corrected chi connectivity index (χ0v) is 12.8. The van der Waals surface area contributed by atoms with E-state index < -0.39 is 0 Å². The number of benzene rings is 1.